The fraction of sp³-hybridized carbons (Fsp3) is 0.333. The molecule has 0 atom stereocenters. The summed E-state index contributed by atoms with van der Waals surface area (Å²) in [4.78, 5) is 11.7. The van der Waals surface area contributed by atoms with Crippen molar-refractivity contribution in [1.29, 1.82) is 0 Å². The summed E-state index contributed by atoms with van der Waals surface area (Å²) >= 11 is 1.68. The minimum absolute atomic E-state index is 0.904. The minimum Gasteiger partial charge on any atom is -0.346 e. The van der Waals surface area contributed by atoms with Gasteiger partial charge in [-0.25, -0.2) is 9.98 Å². The second-order valence-corrected chi connectivity index (χ2v) is 6.53. The second-order valence-electron chi connectivity index (χ2n) is 5.57. The van der Waals surface area contributed by atoms with E-state index >= 15 is 0 Å². The highest BCUT2D eigenvalue weighted by molar-refractivity contribution is 8.13. The number of hydrogen-bond acceptors (Lipinski definition) is 3. The summed E-state index contributed by atoms with van der Waals surface area (Å²) < 4.78 is 0. The van der Waals surface area contributed by atoms with E-state index in [0.29, 0.717) is 0 Å². The van der Waals surface area contributed by atoms with Crippen LogP contribution >= 0.6 is 11.8 Å². The summed E-state index contributed by atoms with van der Waals surface area (Å²) in [6.45, 7) is 6.27. The van der Waals surface area contributed by atoms with Gasteiger partial charge in [-0.15, -0.1) is 0 Å². The molecule has 0 fully saturated rings. The van der Waals surface area contributed by atoms with E-state index in [4.69, 9.17) is 4.99 Å². The Kier molecular flexibility index (Phi) is 4.78. The van der Waals surface area contributed by atoms with Gasteiger partial charge < -0.3 is 4.90 Å². The molecule has 1 aromatic heterocycles. The Bertz CT molecular complexity index is 664. The first-order valence-electron chi connectivity index (χ1n) is 7.78. The Hall–Kier alpha value is -1.81. The van der Waals surface area contributed by atoms with E-state index in [2.05, 4.69) is 54.1 Å². The fourth-order valence-electron chi connectivity index (χ4n) is 2.41. The number of aryl methyl sites for hydroxylation is 1. The van der Waals surface area contributed by atoms with E-state index < -0.39 is 0 Å². The molecule has 0 bridgehead atoms. The van der Waals surface area contributed by atoms with Gasteiger partial charge in [-0.2, -0.15) is 0 Å². The van der Waals surface area contributed by atoms with Crippen LogP contribution in [0.3, 0.4) is 0 Å². The number of nitrogens with zero attached hydrogens (tertiary/aromatic N) is 3. The summed E-state index contributed by atoms with van der Waals surface area (Å²) in [5.74, 6) is 0. The van der Waals surface area contributed by atoms with Crippen molar-refractivity contribution in [3.8, 4) is 0 Å². The molecule has 0 spiro atoms. The third kappa shape index (κ3) is 3.50. The van der Waals surface area contributed by atoms with E-state index in [1.165, 1.54) is 24.0 Å². The van der Waals surface area contributed by atoms with E-state index in [1.807, 2.05) is 12.3 Å². The van der Waals surface area contributed by atoms with E-state index in [1.54, 1.807) is 11.8 Å². The molecule has 0 amide bonds. The highest BCUT2D eigenvalue weighted by Gasteiger charge is 2.22. The zero-order valence-electron chi connectivity index (χ0n) is 13.1. The molecule has 0 unspecified atom stereocenters. The van der Waals surface area contributed by atoms with Crippen LogP contribution in [0.4, 0.5) is 5.69 Å². The van der Waals surface area contributed by atoms with Crippen molar-refractivity contribution in [3.05, 3.63) is 53.7 Å². The summed E-state index contributed by atoms with van der Waals surface area (Å²) in [7, 11) is 0. The van der Waals surface area contributed by atoms with Crippen LogP contribution in [0.25, 0.3) is 0 Å². The lowest BCUT2D eigenvalue weighted by Gasteiger charge is -2.30. The Morgan fingerprint density at radius 3 is 2.82 bits per heavy atom. The van der Waals surface area contributed by atoms with Crippen molar-refractivity contribution >= 4 is 22.6 Å². The quantitative estimate of drug-likeness (QED) is 0.813. The molecule has 4 heteroatoms. The van der Waals surface area contributed by atoms with Gasteiger partial charge in [0.15, 0.2) is 5.17 Å². The van der Waals surface area contributed by atoms with Gasteiger partial charge in [0, 0.05) is 24.8 Å². The van der Waals surface area contributed by atoms with E-state index in [-0.39, 0.29) is 0 Å². The molecule has 22 heavy (non-hydrogen) atoms. The SMILES string of the molecule is CCCCN1Cc2cccnc2SC1=Nc1ccc(C)cc1. The monoisotopic (exact) mass is 311 g/mol. The van der Waals surface area contributed by atoms with Crippen LogP contribution in [0.2, 0.25) is 0 Å². The standard InChI is InChI=1S/C18H21N3S/c1-3-4-12-21-13-15-6-5-11-19-17(15)22-18(21)20-16-9-7-14(2)8-10-16/h5-11H,3-4,12-13H2,1-2H3. The summed E-state index contributed by atoms with van der Waals surface area (Å²) in [5.41, 5.74) is 3.57. The number of rotatable bonds is 4. The summed E-state index contributed by atoms with van der Waals surface area (Å²) in [6.07, 6.45) is 4.24. The normalized spacial score (nSPS) is 15.9. The van der Waals surface area contributed by atoms with Crippen LogP contribution in [0.1, 0.15) is 30.9 Å². The molecule has 3 rings (SSSR count). The average molecular weight is 311 g/mol. The fourth-order valence-corrected chi connectivity index (χ4v) is 3.39. The number of unbranched alkanes of at least 4 members (excludes halogenated alkanes) is 1. The molecule has 0 N–H and O–H groups in total. The molecule has 0 radical (unpaired) electrons. The van der Waals surface area contributed by atoms with Crippen molar-refractivity contribution in [2.75, 3.05) is 6.54 Å². The van der Waals surface area contributed by atoms with Gasteiger partial charge in [0.1, 0.15) is 5.03 Å². The Morgan fingerprint density at radius 2 is 2.05 bits per heavy atom. The van der Waals surface area contributed by atoms with Crippen LogP contribution < -0.4 is 0 Å². The molecule has 2 aromatic rings. The van der Waals surface area contributed by atoms with Gasteiger partial charge in [0.2, 0.25) is 0 Å². The highest BCUT2D eigenvalue weighted by atomic mass is 32.2. The lowest BCUT2D eigenvalue weighted by atomic mass is 10.2. The van der Waals surface area contributed by atoms with Crippen molar-refractivity contribution in [2.24, 2.45) is 4.99 Å². The van der Waals surface area contributed by atoms with Crippen molar-refractivity contribution in [3.63, 3.8) is 0 Å². The van der Waals surface area contributed by atoms with Gasteiger partial charge >= 0.3 is 0 Å². The van der Waals surface area contributed by atoms with Gasteiger partial charge in [-0.1, -0.05) is 37.1 Å². The zero-order valence-corrected chi connectivity index (χ0v) is 13.9. The van der Waals surface area contributed by atoms with E-state index in [0.717, 1.165) is 29.0 Å². The number of aromatic nitrogens is 1. The maximum absolute atomic E-state index is 4.86. The lowest BCUT2D eigenvalue weighted by Crippen LogP contribution is -2.32. The van der Waals surface area contributed by atoms with Gasteiger partial charge in [0.25, 0.3) is 0 Å². The average Bonchev–Trinajstić information content (AvgIpc) is 2.55. The van der Waals surface area contributed by atoms with Crippen molar-refractivity contribution in [1.82, 2.24) is 9.88 Å². The highest BCUT2D eigenvalue weighted by Crippen LogP contribution is 2.32. The van der Waals surface area contributed by atoms with Crippen LogP contribution in [0.15, 0.2) is 52.6 Å². The zero-order chi connectivity index (χ0) is 15.4. The molecular formula is C18H21N3S. The predicted octanol–water partition coefficient (Wildman–Crippen LogP) is 4.79. The maximum Gasteiger partial charge on any atom is 0.171 e. The van der Waals surface area contributed by atoms with Crippen molar-refractivity contribution < 1.29 is 0 Å². The van der Waals surface area contributed by atoms with Crippen molar-refractivity contribution in [2.45, 2.75) is 38.3 Å². The molecule has 114 valence electrons. The first-order valence-corrected chi connectivity index (χ1v) is 8.60. The number of benzene rings is 1. The number of pyridine rings is 1. The Morgan fingerprint density at radius 1 is 1.23 bits per heavy atom. The van der Waals surface area contributed by atoms with Crippen LogP contribution in [0.5, 0.6) is 0 Å². The Balaban J connectivity index is 1.90. The smallest absolute Gasteiger partial charge is 0.171 e. The third-order valence-electron chi connectivity index (χ3n) is 3.71. The molecule has 2 heterocycles. The van der Waals surface area contributed by atoms with E-state index in [9.17, 15) is 0 Å². The van der Waals surface area contributed by atoms with Gasteiger partial charge in [-0.3, -0.25) is 0 Å². The maximum atomic E-state index is 4.86. The van der Waals surface area contributed by atoms with Crippen LogP contribution in [-0.4, -0.2) is 21.6 Å². The number of hydrogen-bond donors (Lipinski definition) is 0. The molecule has 0 aliphatic carbocycles. The summed E-state index contributed by atoms with van der Waals surface area (Å²) in [5, 5.41) is 2.14. The Labute approximate surface area is 136 Å². The first kappa shape index (κ1) is 15.1. The molecular weight excluding hydrogens is 290 g/mol. The predicted molar refractivity (Wildman–Crippen MR) is 93.7 cm³/mol. The first-order chi connectivity index (χ1) is 10.8. The van der Waals surface area contributed by atoms with Crippen LogP contribution in [-0.2, 0) is 6.54 Å². The lowest BCUT2D eigenvalue weighted by molar-refractivity contribution is 0.402. The van der Waals surface area contributed by atoms with Gasteiger partial charge in [0.05, 0.1) is 5.69 Å². The molecule has 0 saturated carbocycles. The van der Waals surface area contributed by atoms with Gasteiger partial charge in [-0.05, 0) is 43.3 Å². The van der Waals surface area contributed by atoms with Crippen LogP contribution in [0, 0.1) is 6.92 Å². The summed E-state index contributed by atoms with van der Waals surface area (Å²) in [6, 6.07) is 12.5. The minimum atomic E-state index is 0.904. The number of amidine groups is 1. The third-order valence-corrected chi connectivity index (χ3v) is 4.80. The topological polar surface area (TPSA) is 28.5 Å². The number of thioether (sulfide) groups is 1. The molecule has 1 aliphatic heterocycles. The number of aliphatic imine (C=N–C) groups is 1. The largest absolute Gasteiger partial charge is 0.346 e. The number of fused-ring (bicyclic) bond motifs is 1. The molecule has 3 nitrogen and oxygen atoms in total. The second kappa shape index (κ2) is 6.97. The molecule has 1 aliphatic rings. The molecule has 1 aromatic carbocycles. The molecule has 0 saturated heterocycles.